The molecule has 0 radical (unpaired) electrons. The van der Waals surface area contributed by atoms with Crippen LogP contribution in [0.3, 0.4) is 0 Å². The van der Waals surface area contributed by atoms with Crippen molar-refractivity contribution in [2.45, 2.75) is 62.7 Å². The van der Waals surface area contributed by atoms with Crippen LogP contribution in [0.15, 0.2) is 0 Å². The summed E-state index contributed by atoms with van der Waals surface area (Å²) in [6.45, 7) is 2.46. The maximum atomic E-state index is 12.5. The van der Waals surface area contributed by atoms with Crippen LogP contribution in [0.2, 0.25) is 0 Å². The van der Waals surface area contributed by atoms with Crippen LogP contribution >= 0.6 is 0 Å². The SMILES string of the molecule is CCN1C(=O)CC2(CCN(C(=O)NC3C(O)C(O)C(O)C(O)C3O)CC2)C1=O. The molecular weight excluding hydrogens is 374 g/mol. The molecule has 0 aromatic rings. The Morgan fingerprint density at radius 1 is 1.00 bits per heavy atom. The third-order valence-corrected chi connectivity index (χ3v) is 6.24. The molecule has 6 N–H and O–H groups in total. The first kappa shape index (κ1) is 20.9. The molecule has 2 aliphatic heterocycles. The molecule has 11 heteroatoms. The quantitative estimate of drug-likeness (QED) is 0.262. The molecule has 1 saturated carbocycles. The average Bonchev–Trinajstić information content (AvgIpc) is 2.91. The number of piperidine rings is 1. The average molecular weight is 401 g/mol. The van der Waals surface area contributed by atoms with E-state index in [1.165, 1.54) is 9.80 Å². The smallest absolute Gasteiger partial charge is 0.317 e. The van der Waals surface area contributed by atoms with Crippen LogP contribution in [0.4, 0.5) is 4.79 Å². The predicted molar refractivity (Wildman–Crippen MR) is 92.6 cm³/mol. The molecule has 4 unspecified atom stereocenters. The normalized spacial score (nSPS) is 38.2. The Kier molecular flexibility index (Phi) is 5.65. The van der Waals surface area contributed by atoms with E-state index in [9.17, 15) is 39.9 Å². The summed E-state index contributed by atoms with van der Waals surface area (Å²) in [7, 11) is 0. The van der Waals surface area contributed by atoms with Gasteiger partial charge in [0.2, 0.25) is 11.8 Å². The van der Waals surface area contributed by atoms with Gasteiger partial charge in [-0.2, -0.15) is 0 Å². The van der Waals surface area contributed by atoms with Gasteiger partial charge in [0.25, 0.3) is 0 Å². The monoisotopic (exact) mass is 401 g/mol. The molecule has 11 nitrogen and oxygen atoms in total. The molecule has 4 amide bonds. The van der Waals surface area contributed by atoms with Crippen LogP contribution in [-0.2, 0) is 9.59 Å². The molecule has 0 bridgehead atoms. The molecule has 4 atom stereocenters. The fourth-order valence-corrected chi connectivity index (χ4v) is 4.35. The molecule has 2 heterocycles. The fourth-order valence-electron chi connectivity index (χ4n) is 4.35. The van der Waals surface area contributed by atoms with Crippen LogP contribution in [0.25, 0.3) is 0 Å². The third kappa shape index (κ3) is 3.26. The summed E-state index contributed by atoms with van der Waals surface area (Å²) in [5.41, 5.74) is -0.787. The van der Waals surface area contributed by atoms with Gasteiger partial charge >= 0.3 is 6.03 Å². The zero-order valence-corrected chi connectivity index (χ0v) is 15.6. The fraction of sp³-hybridized carbons (Fsp3) is 0.824. The maximum absolute atomic E-state index is 12.5. The van der Waals surface area contributed by atoms with E-state index in [2.05, 4.69) is 5.32 Å². The molecule has 0 aromatic heterocycles. The van der Waals surface area contributed by atoms with Crippen molar-refractivity contribution >= 4 is 17.8 Å². The van der Waals surface area contributed by atoms with E-state index >= 15 is 0 Å². The first-order valence-electron chi connectivity index (χ1n) is 9.43. The Morgan fingerprint density at radius 2 is 1.50 bits per heavy atom. The van der Waals surface area contributed by atoms with E-state index in [0.29, 0.717) is 19.4 Å². The molecule has 2 saturated heterocycles. The van der Waals surface area contributed by atoms with Gasteiger partial charge in [-0.25, -0.2) is 4.79 Å². The second-order valence-corrected chi connectivity index (χ2v) is 7.82. The largest absolute Gasteiger partial charge is 0.388 e. The number of nitrogens with zero attached hydrogens (tertiary/aromatic N) is 2. The van der Waals surface area contributed by atoms with Gasteiger partial charge in [-0.1, -0.05) is 0 Å². The summed E-state index contributed by atoms with van der Waals surface area (Å²) in [5, 5.41) is 51.5. The topological polar surface area (TPSA) is 171 Å². The summed E-state index contributed by atoms with van der Waals surface area (Å²) in [6, 6.07) is -2.01. The van der Waals surface area contributed by atoms with Crippen LogP contribution in [0, 0.1) is 5.41 Å². The van der Waals surface area contributed by atoms with E-state index in [4.69, 9.17) is 0 Å². The lowest BCUT2D eigenvalue weighted by Gasteiger charge is -2.43. The van der Waals surface area contributed by atoms with Crippen molar-refractivity contribution in [3.05, 3.63) is 0 Å². The van der Waals surface area contributed by atoms with Crippen molar-refractivity contribution in [2.24, 2.45) is 5.41 Å². The molecule has 1 aliphatic carbocycles. The highest BCUT2D eigenvalue weighted by atomic mass is 16.4. The number of carbonyl (C=O) groups is 3. The van der Waals surface area contributed by atoms with E-state index in [-0.39, 0.29) is 31.3 Å². The third-order valence-electron chi connectivity index (χ3n) is 6.24. The predicted octanol–water partition coefficient (Wildman–Crippen LogP) is -3.26. The number of imide groups is 1. The van der Waals surface area contributed by atoms with Crippen molar-refractivity contribution in [1.29, 1.82) is 0 Å². The van der Waals surface area contributed by atoms with Crippen LogP contribution in [-0.4, -0.2) is 109 Å². The van der Waals surface area contributed by atoms with Crippen molar-refractivity contribution in [3.8, 4) is 0 Å². The van der Waals surface area contributed by atoms with Gasteiger partial charge in [-0.05, 0) is 19.8 Å². The zero-order chi connectivity index (χ0) is 20.8. The van der Waals surface area contributed by atoms with E-state index in [0.717, 1.165) is 0 Å². The highest BCUT2D eigenvalue weighted by molar-refractivity contribution is 6.06. The number of urea groups is 1. The lowest BCUT2D eigenvalue weighted by Crippen LogP contribution is -2.69. The Hall–Kier alpha value is -1.79. The number of nitrogens with one attached hydrogen (secondary N) is 1. The van der Waals surface area contributed by atoms with E-state index < -0.39 is 48.0 Å². The molecule has 0 aromatic carbocycles. The highest BCUT2D eigenvalue weighted by Gasteiger charge is 2.53. The summed E-state index contributed by atoms with van der Waals surface area (Å²) < 4.78 is 0. The summed E-state index contributed by atoms with van der Waals surface area (Å²) >= 11 is 0. The van der Waals surface area contributed by atoms with Gasteiger partial charge in [0.05, 0.1) is 11.5 Å². The molecule has 28 heavy (non-hydrogen) atoms. The number of carbonyl (C=O) groups excluding carboxylic acids is 3. The summed E-state index contributed by atoms with van der Waals surface area (Å²) in [5.74, 6) is -0.418. The minimum atomic E-state index is -1.74. The molecule has 3 fully saturated rings. The van der Waals surface area contributed by atoms with Gasteiger partial charge in [0, 0.05) is 26.1 Å². The minimum absolute atomic E-state index is 0.130. The lowest BCUT2D eigenvalue weighted by atomic mass is 9.77. The molecular formula is C17H27N3O8. The molecule has 158 valence electrons. The summed E-state index contributed by atoms with van der Waals surface area (Å²) in [6.07, 6.45) is -7.75. The first-order valence-corrected chi connectivity index (χ1v) is 9.43. The highest BCUT2D eigenvalue weighted by Crippen LogP contribution is 2.42. The number of hydrogen-bond acceptors (Lipinski definition) is 8. The number of hydrogen-bond donors (Lipinski definition) is 6. The summed E-state index contributed by atoms with van der Waals surface area (Å²) in [4.78, 5) is 39.7. The Labute approximate surface area is 161 Å². The van der Waals surface area contributed by atoms with Gasteiger partial charge < -0.3 is 35.7 Å². The van der Waals surface area contributed by atoms with Crippen molar-refractivity contribution < 1.29 is 39.9 Å². The number of amides is 4. The first-order chi connectivity index (χ1) is 13.1. The Bertz CT molecular complexity index is 634. The number of rotatable bonds is 2. The number of aliphatic hydroxyl groups excluding tert-OH is 5. The van der Waals surface area contributed by atoms with E-state index in [1.807, 2.05) is 0 Å². The standard InChI is InChI=1S/C17H27N3O8/c1-2-20-8(21)7-17(15(20)27)3-5-19(6-4-17)16(28)18-9-10(22)12(24)14(26)13(25)11(9)23/h9-14,22-26H,2-7H2,1H3,(H,18,28). The van der Waals surface area contributed by atoms with Crippen molar-refractivity contribution in [1.82, 2.24) is 15.1 Å². The van der Waals surface area contributed by atoms with Crippen LogP contribution in [0.5, 0.6) is 0 Å². The van der Waals surface area contributed by atoms with Gasteiger partial charge in [0.15, 0.2) is 0 Å². The number of likely N-dealkylation sites (tertiary alicyclic amines) is 2. The van der Waals surface area contributed by atoms with Crippen LogP contribution in [0.1, 0.15) is 26.2 Å². The van der Waals surface area contributed by atoms with Crippen molar-refractivity contribution in [2.75, 3.05) is 19.6 Å². The van der Waals surface area contributed by atoms with Gasteiger partial charge in [-0.3, -0.25) is 14.5 Å². The van der Waals surface area contributed by atoms with Crippen molar-refractivity contribution in [3.63, 3.8) is 0 Å². The zero-order valence-electron chi connectivity index (χ0n) is 15.6. The molecule has 3 aliphatic rings. The molecule has 3 rings (SSSR count). The second kappa shape index (κ2) is 7.56. The lowest BCUT2D eigenvalue weighted by molar-refractivity contribution is -0.188. The van der Waals surface area contributed by atoms with Gasteiger partial charge in [-0.15, -0.1) is 0 Å². The Morgan fingerprint density at radius 3 is 1.96 bits per heavy atom. The van der Waals surface area contributed by atoms with Crippen LogP contribution < -0.4 is 5.32 Å². The second-order valence-electron chi connectivity index (χ2n) is 7.82. The minimum Gasteiger partial charge on any atom is -0.388 e. The van der Waals surface area contributed by atoms with Gasteiger partial charge in [0.1, 0.15) is 30.5 Å². The molecule has 1 spiro atoms. The number of aliphatic hydroxyl groups is 5. The maximum Gasteiger partial charge on any atom is 0.317 e. The van der Waals surface area contributed by atoms with E-state index in [1.54, 1.807) is 6.92 Å². The Balaban J connectivity index is 1.62.